The summed E-state index contributed by atoms with van der Waals surface area (Å²) in [6.45, 7) is 0. The number of nitrogens with zero attached hydrogens (tertiary/aromatic N) is 2. The maximum Gasteiger partial charge on any atom is 0.267 e. The lowest BCUT2D eigenvalue weighted by molar-refractivity contribution is 0.0996. The van der Waals surface area contributed by atoms with Crippen molar-refractivity contribution < 1.29 is 4.79 Å². The number of primary amides is 1. The Kier molecular flexibility index (Phi) is 2.76. The standard InChI is InChI=1S/C9H9N3O.ClH/c1-12-3-2-6-4-7(9(10)13)11-5-8(6)12;/h2-5H,1H3,(H2,10,13);1H. The second-order valence-electron chi connectivity index (χ2n) is 2.92. The number of halogens is 1. The summed E-state index contributed by atoms with van der Waals surface area (Å²) >= 11 is 0. The first-order valence-electron chi connectivity index (χ1n) is 3.89. The second kappa shape index (κ2) is 3.67. The molecule has 1 amide bonds. The number of aryl methyl sites for hydroxylation is 1. The van der Waals surface area contributed by atoms with E-state index in [1.54, 1.807) is 12.3 Å². The van der Waals surface area contributed by atoms with Gasteiger partial charge in [0.25, 0.3) is 5.91 Å². The van der Waals surface area contributed by atoms with Crippen molar-refractivity contribution in [2.24, 2.45) is 12.8 Å². The van der Waals surface area contributed by atoms with Gasteiger partial charge in [0.15, 0.2) is 0 Å². The molecule has 0 saturated carbocycles. The lowest BCUT2D eigenvalue weighted by atomic mass is 10.2. The molecular formula is C9H10ClN3O. The summed E-state index contributed by atoms with van der Waals surface area (Å²) in [6.07, 6.45) is 3.56. The van der Waals surface area contributed by atoms with Crippen LogP contribution in [0.5, 0.6) is 0 Å². The van der Waals surface area contributed by atoms with Gasteiger partial charge in [-0.3, -0.25) is 4.79 Å². The number of rotatable bonds is 1. The van der Waals surface area contributed by atoms with Gasteiger partial charge in [0, 0.05) is 18.6 Å². The van der Waals surface area contributed by atoms with Gasteiger partial charge in [-0.2, -0.15) is 0 Å². The van der Waals surface area contributed by atoms with Crippen LogP contribution >= 0.6 is 12.4 Å². The van der Waals surface area contributed by atoms with Crippen LogP contribution in [0.25, 0.3) is 10.9 Å². The van der Waals surface area contributed by atoms with E-state index in [0.29, 0.717) is 5.69 Å². The van der Waals surface area contributed by atoms with E-state index in [2.05, 4.69) is 4.98 Å². The van der Waals surface area contributed by atoms with Gasteiger partial charge >= 0.3 is 0 Å². The first-order chi connectivity index (χ1) is 6.18. The number of fused-ring (bicyclic) bond motifs is 1. The zero-order valence-electron chi connectivity index (χ0n) is 7.60. The number of pyridine rings is 1. The number of amides is 1. The normalized spacial score (nSPS) is 9.79. The third kappa shape index (κ3) is 1.56. The van der Waals surface area contributed by atoms with Crippen molar-refractivity contribution in [1.29, 1.82) is 0 Å². The molecule has 2 N–H and O–H groups in total. The lowest BCUT2D eigenvalue weighted by Gasteiger charge is -1.96. The number of hydrogen-bond donors (Lipinski definition) is 1. The van der Waals surface area contributed by atoms with E-state index < -0.39 is 5.91 Å². The smallest absolute Gasteiger partial charge is 0.267 e. The molecule has 0 aliphatic heterocycles. The summed E-state index contributed by atoms with van der Waals surface area (Å²) in [5.41, 5.74) is 6.40. The van der Waals surface area contributed by atoms with Crippen LogP contribution in [0.15, 0.2) is 24.5 Å². The molecule has 0 radical (unpaired) electrons. The molecule has 2 rings (SSSR count). The van der Waals surface area contributed by atoms with Crippen molar-refractivity contribution in [3.05, 3.63) is 30.2 Å². The topological polar surface area (TPSA) is 60.9 Å². The fourth-order valence-electron chi connectivity index (χ4n) is 1.30. The fourth-order valence-corrected chi connectivity index (χ4v) is 1.30. The Morgan fingerprint density at radius 3 is 2.93 bits per heavy atom. The Bertz CT molecular complexity index is 478. The van der Waals surface area contributed by atoms with Crippen LogP contribution in [0.2, 0.25) is 0 Å². The summed E-state index contributed by atoms with van der Waals surface area (Å²) in [5, 5.41) is 0.978. The highest BCUT2D eigenvalue weighted by atomic mass is 35.5. The Morgan fingerprint density at radius 2 is 2.29 bits per heavy atom. The van der Waals surface area contributed by atoms with Crippen LogP contribution in [0.3, 0.4) is 0 Å². The first kappa shape index (κ1) is 10.5. The molecule has 0 spiro atoms. The first-order valence-corrected chi connectivity index (χ1v) is 3.89. The van der Waals surface area contributed by atoms with E-state index in [1.807, 2.05) is 23.9 Å². The summed E-state index contributed by atoms with van der Waals surface area (Å²) in [6, 6.07) is 3.61. The third-order valence-electron chi connectivity index (χ3n) is 2.02. The van der Waals surface area contributed by atoms with Gasteiger partial charge in [0.1, 0.15) is 5.69 Å². The molecule has 0 aliphatic carbocycles. The maximum atomic E-state index is 10.8. The number of carbonyl (C=O) groups excluding carboxylic acids is 1. The predicted molar refractivity (Wildman–Crippen MR) is 56.5 cm³/mol. The molecule has 14 heavy (non-hydrogen) atoms. The molecule has 4 nitrogen and oxygen atoms in total. The van der Waals surface area contributed by atoms with Gasteiger partial charge in [-0.25, -0.2) is 4.98 Å². The fraction of sp³-hybridized carbons (Fsp3) is 0.111. The van der Waals surface area contributed by atoms with Crippen molar-refractivity contribution in [2.45, 2.75) is 0 Å². The SMILES string of the molecule is Cl.Cn1ccc2cc(C(N)=O)ncc21. The molecule has 2 heterocycles. The van der Waals surface area contributed by atoms with Gasteiger partial charge in [0.05, 0.1) is 11.7 Å². The van der Waals surface area contributed by atoms with E-state index in [-0.39, 0.29) is 12.4 Å². The molecule has 2 aromatic heterocycles. The highest BCUT2D eigenvalue weighted by Gasteiger charge is 2.04. The molecule has 0 aromatic carbocycles. The minimum Gasteiger partial charge on any atom is -0.364 e. The van der Waals surface area contributed by atoms with Gasteiger partial charge in [-0.05, 0) is 12.1 Å². The molecule has 74 valence electrons. The van der Waals surface area contributed by atoms with Gasteiger partial charge in [-0.1, -0.05) is 0 Å². The second-order valence-corrected chi connectivity index (χ2v) is 2.92. The maximum absolute atomic E-state index is 10.8. The zero-order valence-corrected chi connectivity index (χ0v) is 8.41. The highest BCUT2D eigenvalue weighted by Crippen LogP contribution is 2.13. The Hall–Kier alpha value is -1.55. The monoisotopic (exact) mass is 211 g/mol. The molecule has 0 bridgehead atoms. The van der Waals surface area contributed by atoms with E-state index in [9.17, 15) is 4.79 Å². The van der Waals surface area contributed by atoms with E-state index >= 15 is 0 Å². The molecule has 0 saturated heterocycles. The van der Waals surface area contributed by atoms with Crippen LogP contribution in [-0.2, 0) is 7.05 Å². The van der Waals surface area contributed by atoms with Gasteiger partial charge in [-0.15, -0.1) is 12.4 Å². The Morgan fingerprint density at radius 1 is 1.57 bits per heavy atom. The number of hydrogen-bond acceptors (Lipinski definition) is 2. The molecule has 0 unspecified atom stereocenters. The predicted octanol–water partition coefficient (Wildman–Crippen LogP) is 1.09. The number of nitrogens with two attached hydrogens (primary N) is 1. The van der Waals surface area contributed by atoms with Crippen molar-refractivity contribution >= 4 is 29.2 Å². The third-order valence-corrected chi connectivity index (χ3v) is 2.02. The van der Waals surface area contributed by atoms with Crippen LogP contribution < -0.4 is 5.73 Å². The summed E-state index contributed by atoms with van der Waals surface area (Å²) in [5.74, 6) is -0.495. The van der Waals surface area contributed by atoms with E-state index in [4.69, 9.17) is 5.73 Å². The van der Waals surface area contributed by atoms with Crippen molar-refractivity contribution in [2.75, 3.05) is 0 Å². The van der Waals surface area contributed by atoms with Crippen LogP contribution in [-0.4, -0.2) is 15.5 Å². The Labute approximate surface area is 87.1 Å². The quantitative estimate of drug-likeness (QED) is 0.768. The number of aromatic nitrogens is 2. The molecule has 2 aromatic rings. The van der Waals surface area contributed by atoms with Crippen LogP contribution in [0.4, 0.5) is 0 Å². The molecule has 5 heteroatoms. The summed E-state index contributed by atoms with van der Waals surface area (Å²) in [4.78, 5) is 14.7. The summed E-state index contributed by atoms with van der Waals surface area (Å²) in [7, 11) is 1.92. The Balaban J connectivity index is 0.000000980. The average Bonchev–Trinajstić information content (AvgIpc) is 2.47. The minimum atomic E-state index is -0.495. The van der Waals surface area contributed by atoms with Gasteiger partial charge in [0.2, 0.25) is 0 Å². The van der Waals surface area contributed by atoms with Crippen molar-refractivity contribution in [1.82, 2.24) is 9.55 Å². The minimum absolute atomic E-state index is 0. The van der Waals surface area contributed by atoms with Crippen molar-refractivity contribution in [3.63, 3.8) is 0 Å². The van der Waals surface area contributed by atoms with E-state index in [1.165, 1.54) is 0 Å². The zero-order chi connectivity index (χ0) is 9.42. The van der Waals surface area contributed by atoms with Gasteiger partial charge < -0.3 is 10.3 Å². The van der Waals surface area contributed by atoms with Crippen LogP contribution in [0, 0.1) is 0 Å². The molecular weight excluding hydrogens is 202 g/mol. The molecule has 0 fully saturated rings. The molecule has 0 aliphatic rings. The highest BCUT2D eigenvalue weighted by molar-refractivity contribution is 5.94. The average molecular weight is 212 g/mol. The van der Waals surface area contributed by atoms with Crippen molar-refractivity contribution in [3.8, 4) is 0 Å². The van der Waals surface area contributed by atoms with Crippen LogP contribution in [0.1, 0.15) is 10.5 Å². The molecule has 0 atom stereocenters. The summed E-state index contributed by atoms with van der Waals surface area (Å²) < 4.78 is 1.94. The largest absolute Gasteiger partial charge is 0.364 e. The lowest BCUT2D eigenvalue weighted by Crippen LogP contribution is -2.12. The van der Waals surface area contributed by atoms with E-state index in [0.717, 1.165) is 10.9 Å². The number of carbonyl (C=O) groups is 1.